The van der Waals surface area contributed by atoms with Crippen molar-refractivity contribution in [2.24, 2.45) is 5.84 Å². The number of nitrogens with zero attached hydrogens (tertiary/aromatic N) is 1. The molecule has 20 heavy (non-hydrogen) atoms. The summed E-state index contributed by atoms with van der Waals surface area (Å²) >= 11 is 0. The molecule has 0 atom stereocenters. The van der Waals surface area contributed by atoms with Gasteiger partial charge in [-0.2, -0.15) is 0 Å². The van der Waals surface area contributed by atoms with Crippen molar-refractivity contribution in [1.82, 2.24) is 10.3 Å². The molecule has 1 aromatic carbocycles. The number of nitrogen functional groups attached to an aromatic ring is 1. The van der Waals surface area contributed by atoms with Gasteiger partial charge in [0.1, 0.15) is 12.4 Å². The van der Waals surface area contributed by atoms with Gasteiger partial charge in [0.15, 0.2) is 0 Å². The Labute approximate surface area is 118 Å². The van der Waals surface area contributed by atoms with Crippen LogP contribution in [0.3, 0.4) is 0 Å². The van der Waals surface area contributed by atoms with Gasteiger partial charge in [-0.1, -0.05) is 12.1 Å². The average molecular weight is 279 g/mol. The molecular formula is C14H21N3O3. The molecule has 1 aliphatic heterocycles. The van der Waals surface area contributed by atoms with E-state index in [0.29, 0.717) is 17.9 Å². The number of rotatable bonds is 5. The van der Waals surface area contributed by atoms with Crippen molar-refractivity contribution in [1.29, 1.82) is 0 Å². The summed E-state index contributed by atoms with van der Waals surface area (Å²) in [7, 11) is 0. The molecule has 1 fully saturated rings. The highest BCUT2D eigenvalue weighted by Crippen LogP contribution is 2.17. The first-order valence-electron chi connectivity index (χ1n) is 6.84. The molecule has 0 spiro atoms. The number of para-hydroxylation sites is 1. The Morgan fingerprint density at radius 2 is 2.20 bits per heavy atom. The van der Waals surface area contributed by atoms with Crippen LogP contribution in [0.5, 0.6) is 5.75 Å². The molecule has 0 aliphatic carbocycles. The van der Waals surface area contributed by atoms with Gasteiger partial charge in [-0.3, -0.25) is 15.1 Å². The summed E-state index contributed by atoms with van der Waals surface area (Å²) < 4.78 is 11.1. The predicted octanol–water partition coefficient (Wildman–Crippen LogP) is 0.391. The Balaban J connectivity index is 1.85. The van der Waals surface area contributed by atoms with Gasteiger partial charge in [-0.15, -0.1) is 0 Å². The minimum absolute atomic E-state index is 0.344. The van der Waals surface area contributed by atoms with Gasteiger partial charge < -0.3 is 9.47 Å². The summed E-state index contributed by atoms with van der Waals surface area (Å²) in [6, 6.07) is 7.08. The second kappa shape index (κ2) is 7.84. The molecule has 1 amide bonds. The van der Waals surface area contributed by atoms with Gasteiger partial charge in [0.25, 0.3) is 5.91 Å². The van der Waals surface area contributed by atoms with Gasteiger partial charge in [-0.25, -0.2) is 5.84 Å². The largest absolute Gasteiger partial charge is 0.491 e. The molecule has 1 aromatic rings. The highest BCUT2D eigenvalue weighted by molar-refractivity contribution is 5.96. The fourth-order valence-corrected chi connectivity index (χ4v) is 2.16. The summed E-state index contributed by atoms with van der Waals surface area (Å²) in [5.74, 6) is 5.37. The number of carbonyl (C=O) groups is 1. The number of benzene rings is 1. The lowest BCUT2D eigenvalue weighted by Crippen LogP contribution is -2.32. The van der Waals surface area contributed by atoms with Gasteiger partial charge in [0.05, 0.1) is 12.2 Å². The fraction of sp³-hybridized carbons (Fsp3) is 0.500. The van der Waals surface area contributed by atoms with E-state index in [9.17, 15) is 4.79 Å². The van der Waals surface area contributed by atoms with Crippen molar-refractivity contribution in [3.8, 4) is 5.75 Å². The van der Waals surface area contributed by atoms with Crippen LogP contribution >= 0.6 is 0 Å². The number of nitrogens with one attached hydrogen (secondary N) is 1. The Bertz CT molecular complexity index is 431. The third-order valence-electron chi connectivity index (χ3n) is 3.24. The molecule has 1 heterocycles. The lowest BCUT2D eigenvalue weighted by molar-refractivity contribution is 0.0948. The monoisotopic (exact) mass is 279 g/mol. The first-order chi connectivity index (χ1) is 9.81. The van der Waals surface area contributed by atoms with E-state index >= 15 is 0 Å². The van der Waals surface area contributed by atoms with E-state index < -0.39 is 0 Å². The number of nitrogens with two attached hydrogens (primary N) is 1. The molecule has 0 radical (unpaired) electrons. The van der Waals surface area contributed by atoms with Crippen LogP contribution in [0, 0.1) is 0 Å². The van der Waals surface area contributed by atoms with E-state index in [0.717, 1.165) is 39.3 Å². The fourth-order valence-electron chi connectivity index (χ4n) is 2.16. The van der Waals surface area contributed by atoms with Crippen LogP contribution in [0.1, 0.15) is 16.8 Å². The number of carbonyl (C=O) groups excluding carboxylic acids is 1. The lowest BCUT2D eigenvalue weighted by atomic mass is 10.2. The van der Waals surface area contributed by atoms with E-state index in [4.69, 9.17) is 15.3 Å². The predicted molar refractivity (Wildman–Crippen MR) is 75.5 cm³/mol. The van der Waals surface area contributed by atoms with Crippen molar-refractivity contribution >= 4 is 5.91 Å². The molecule has 0 unspecified atom stereocenters. The van der Waals surface area contributed by atoms with Crippen molar-refractivity contribution in [3.05, 3.63) is 29.8 Å². The number of hydrazine groups is 1. The van der Waals surface area contributed by atoms with E-state index in [2.05, 4.69) is 10.3 Å². The van der Waals surface area contributed by atoms with E-state index in [1.165, 1.54) is 0 Å². The molecule has 1 saturated heterocycles. The maximum Gasteiger partial charge on any atom is 0.268 e. The van der Waals surface area contributed by atoms with Crippen LogP contribution < -0.4 is 16.0 Å². The summed E-state index contributed by atoms with van der Waals surface area (Å²) in [6.45, 7) is 4.91. The van der Waals surface area contributed by atoms with Crippen LogP contribution in [0.2, 0.25) is 0 Å². The van der Waals surface area contributed by atoms with Crippen LogP contribution in [-0.4, -0.2) is 50.3 Å². The normalized spacial score (nSPS) is 16.4. The third-order valence-corrected chi connectivity index (χ3v) is 3.24. The molecule has 1 aliphatic rings. The standard InChI is InChI=1S/C14H21N3O3/c15-16-14(18)12-4-1-2-5-13(12)20-11-8-17-6-3-9-19-10-7-17/h1-2,4-5H,3,6-11,15H2,(H,16,18). The molecule has 3 N–H and O–H groups in total. The number of hydrogen-bond acceptors (Lipinski definition) is 5. The zero-order chi connectivity index (χ0) is 14.2. The van der Waals surface area contributed by atoms with Gasteiger partial charge >= 0.3 is 0 Å². The van der Waals surface area contributed by atoms with Gasteiger partial charge in [-0.05, 0) is 18.6 Å². The summed E-state index contributed by atoms with van der Waals surface area (Å²) in [4.78, 5) is 13.9. The Kier molecular flexibility index (Phi) is 5.79. The van der Waals surface area contributed by atoms with E-state index in [1.54, 1.807) is 18.2 Å². The molecule has 2 rings (SSSR count). The average Bonchev–Trinajstić information content (AvgIpc) is 2.76. The van der Waals surface area contributed by atoms with E-state index in [-0.39, 0.29) is 5.91 Å². The topological polar surface area (TPSA) is 76.8 Å². The number of hydrogen-bond donors (Lipinski definition) is 2. The second-order valence-electron chi connectivity index (χ2n) is 4.63. The summed E-state index contributed by atoms with van der Waals surface area (Å²) in [6.07, 6.45) is 1.05. The van der Waals surface area contributed by atoms with Crippen LogP contribution in [0.15, 0.2) is 24.3 Å². The van der Waals surface area contributed by atoms with Crippen LogP contribution in [0.4, 0.5) is 0 Å². The van der Waals surface area contributed by atoms with Crippen molar-refractivity contribution in [2.75, 3.05) is 39.5 Å². The molecule has 0 bridgehead atoms. The highest BCUT2D eigenvalue weighted by Gasteiger charge is 2.12. The molecule has 6 heteroatoms. The van der Waals surface area contributed by atoms with Crippen molar-refractivity contribution in [2.45, 2.75) is 6.42 Å². The van der Waals surface area contributed by atoms with Crippen LogP contribution in [-0.2, 0) is 4.74 Å². The molecule has 110 valence electrons. The maximum absolute atomic E-state index is 11.6. The lowest BCUT2D eigenvalue weighted by Gasteiger charge is -2.19. The molecule has 6 nitrogen and oxygen atoms in total. The SMILES string of the molecule is NNC(=O)c1ccccc1OCCN1CCCOCC1. The smallest absolute Gasteiger partial charge is 0.268 e. The summed E-state index contributed by atoms with van der Waals surface area (Å²) in [5, 5.41) is 0. The number of ether oxygens (including phenoxy) is 2. The maximum atomic E-state index is 11.6. The quantitative estimate of drug-likeness (QED) is 0.463. The zero-order valence-corrected chi connectivity index (χ0v) is 11.5. The molecular weight excluding hydrogens is 258 g/mol. The second-order valence-corrected chi connectivity index (χ2v) is 4.63. The number of amides is 1. The molecule has 0 aromatic heterocycles. The minimum atomic E-state index is -0.344. The Hall–Kier alpha value is -1.63. The highest BCUT2D eigenvalue weighted by atomic mass is 16.5. The van der Waals surface area contributed by atoms with Gasteiger partial charge in [0.2, 0.25) is 0 Å². The first kappa shape index (κ1) is 14.8. The van der Waals surface area contributed by atoms with Crippen molar-refractivity contribution in [3.63, 3.8) is 0 Å². The molecule has 0 saturated carbocycles. The zero-order valence-electron chi connectivity index (χ0n) is 11.5. The Morgan fingerprint density at radius 3 is 3.05 bits per heavy atom. The summed E-state index contributed by atoms with van der Waals surface area (Å²) in [5.41, 5.74) is 2.58. The van der Waals surface area contributed by atoms with Crippen LogP contribution in [0.25, 0.3) is 0 Å². The minimum Gasteiger partial charge on any atom is -0.491 e. The third kappa shape index (κ3) is 4.19. The first-order valence-corrected chi connectivity index (χ1v) is 6.84. The van der Waals surface area contributed by atoms with Crippen molar-refractivity contribution < 1.29 is 14.3 Å². The van der Waals surface area contributed by atoms with Gasteiger partial charge in [0, 0.05) is 26.2 Å². The Morgan fingerprint density at radius 1 is 1.35 bits per heavy atom. The van der Waals surface area contributed by atoms with E-state index in [1.807, 2.05) is 6.07 Å².